The molecule has 0 aliphatic carbocycles. The van der Waals surface area contributed by atoms with E-state index in [1.807, 2.05) is 32.2 Å². The fourth-order valence-electron chi connectivity index (χ4n) is 3.78. The van der Waals surface area contributed by atoms with E-state index >= 15 is 0 Å². The average Bonchev–Trinajstić information content (AvgIpc) is 3.20. The second-order valence-electron chi connectivity index (χ2n) is 8.03. The molecule has 0 radical (unpaired) electrons. The number of halogens is 1. The molecule has 31 heavy (non-hydrogen) atoms. The fraction of sp³-hybridized carbons (Fsp3) is 0.478. The summed E-state index contributed by atoms with van der Waals surface area (Å²) in [5.74, 6) is 0.194. The van der Waals surface area contributed by atoms with Crippen LogP contribution in [0.3, 0.4) is 0 Å². The zero-order chi connectivity index (χ0) is 22.4. The van der Waals surface area contributed by atoms with Crippen molar-refractivity contribution in [2.45, 2.75) is 33.2 Å². The third-order valence-electron chi connectivity index (χ3n) is 5.15. The first-order valence-electron chi connectivity index (χ1n) is 10.7. The Balaban J connectivity index is 1.76. The van der Waals surface area contributed by atoms with Crippen molar-refractivity contribution in [1.82, 2.24) is 15.1 Å². The maximum absolute atomic E-state index is 13.5. The normalized spacial score (nSPS) is 15.5. The van der Waals surface area contributed by atoms with Gasteiger partial charge in [-0.1, -0.05) is 19.9 Å². The molecule has 1 aliphatic heterocycles. The van der Waals surface area contributed by atoms with Gasteiger partial charge in [0.15, 0.2) is 0 Å². The van der Waals surface area contributed by atoms with Gasteiger partial charge in [0.1, 0.15) is 24.7 Å². The zero-order valence-electron chi connectivity index (χ0n) is 18.3. The molecule has 2 heterocycles. The Labute approximate surface area is 187 Å². The van der Waals surface area contributed by atoms with Crippen molar-refractivity contribution in [3.05, 3.63) is 52.0 Å². The molecule has 1 aliphatic rings. The summed E-state index contributed by atoms with van der Waals surface area (Å²) in [5, 5.41) is 4.81. The van der Waals surface area contributed by atoms with Crippen molar-refractivity contribution in [1.29, 1.82) is 0 Å². The summed E-state index contributed by atoms with van der Waals surface area (Å²) in [5.41, 5.74) is 1.06. The van der Waals surface area contributed by atoms with E-state index < -0.39 is 0 Å². The van der Waals surface area contributed by atoms with E-state index in [0.717, 1.165) is 12.0 Å². The lowest BCUT2D eigenvalue weighted by Crippen LogP contribution is -2.50. The summed E-state index contributed by atoms with van der Waals surface area (Å²) in [7, 11) is 0. The van der Waals surface area contributed by atoms with Crippen LogP contribution in [0.15, 0.2) is 35.7 Å². The van der Waals surface area contributed by atoms with E-state index in [4.69, 9.17) is 4.74 Å². The van der Waals surface area contributed by atoms with E-state index in [9.17, 15) is 14.0 Å². The molecular weight excluding hydrogens is 417 g/mol. The van der Waals surface area contributed by atoms with Crippen LogP contribution in [-0.4, -0.2) is 54.5 Å². The average molecular weight is 448 g/mol. The molecular formula is C23H30FN3O3S. The van der Waals surface area contributed by atoms with Gasteiger partial charge >= 0.3 is 6.03 Å². The quantitative estimate of drug-likeness (QED) is 0.663. The molecule has 0 spiro atoms. The van der Waals surface area contributed by atoms with E-state index in [0.29, 0.717) is 25.4 Å². The van der Waals surface area contributed by atoms with Gasteiger partial charge in [-0.05, 0) is 48.4 Å². The zero-order valence-corrected chi connectivity index (χ0v) is 19.1. The maximum atomic E-state index is 13.5. The Hall–Kier alpha value is -2.61. The minimum Gasteiger partial charge on any atom is -0.491 e. The molecule has 2 aromatic rings. The third-order valence-corrected chi connectivity index (χ3v) is 6.14. The Morgan fingerprint density at radius 1 is 1.35 bits per heavy atom. The largest absolute Gasteiger partial charge is 0.491 e. The Bertz CT molecular complexity index is 902. The summed E-state index contributed by atoms with van der Waals surface area (Å²) in [6.07, 6.45) is 0.778. The number of rotatable bonds is 8. The fourth-order valence-corrected chi connectivity index (χ4v) is 4.71. The molecule has 1 unspecified atom stereocenters. The first kappa shape index (κ1) is 23.1. The Morgan fingerprint density at radius 3 is 2.87 bits per heavy atom. The number of amides is 3. The number of ether oxygens (including phenoxy) is 1. The van der Waals surface area contributed by atoms with Crippen LogP contribution in [0.25, 0.3) is 0 Å². The summed E-state index contributed by atoms with van der Waals surface area (Å²) in [4.78, 5) is 30.4. The van der Waals surface area contributed by atoms with Gasteiger partial charge in [-0.3, -0.25) is 4.79 Å². The van der Waals surface area contributed by atoms with Crippen LogP contribution in [0.5, 0.6) is 5.75 Å². The number of benzene rings is 1. The van der Waals surface area contributed by atoms with Crippen molar-refractivity contribution in [3.63, 3.8) is 0 Å². The van der Waals surface area contributed by atoms with Crippen LogP contribution >= 0.6 is 11.3 Å². The predicted octanol–water partition coefficient (Wildman–Crippen LogP) is 4.08. The van der Waals surface area contributed by atoms with Gasteiger partial charge in [0.2, 0.25) is 5.91 Å². The van der Waals surface area contributed by atoms with E-state index in [1.165, 1.54) is 17.0 Å². The molecule has 0 fully saturated rings. The van der Waals surface area contributed by atoms with Gasteiger partial charge < -0.3 is 19.9 Å². The Kier molecular flexibility index (Phi) is 7.90. The molecule has 0 bridgehead atoms. The van der Waals surface area contributed by atoms with E-state index in [2.05, 4.69) is 5.32 Å². The van der Waals surface area contributed by atoms with Crippen LogP contribution < -0.4 is 10.1 Å². The van der Waals surface area contributed by atoms with Crippen LogP contribution in [0.2, 0.25) is 0 Å². The molecule has 168 valence electrons. The highest BCUT2D eigenvalue weighted by atomic mass is 32.1. The molecule has 0 saturated heterocycles. The second kappa shape index (κ2) is 10.6. The third kappa shape index (κ3) is 5.97. The van der Waals surface area contributed by atoms with Crippen LogP contribution in [0.1, 0.15) is 37.3 Å². The molecule has 1 N–H and O–H groups in total. The lowest BCUT2D eigenvalue weighted by molar-refractivity contribution is -0.135. The van der Waals surface area contributed by atoms with E-state index in [-0.39, 0.29) is 42.9 Å². The highest BCUT2D eigenvalue weighted by Crippen LogP contribution is 2.34. The lowest BCUT2D eigenvalue weighted by atomic mass is 10.0. The number of urea groups is 1. The maximum Gasteiger partial charge on any atom is 0.317 e. The topological polar surface area (TPSA) is 61.9 Å². The van der Waals surface area contributed by atoms with Gasteiger partial charge in [-0.2, -0.15) is 0 Å². The summed E-state index contributed by atoms with van der Waals surface area (Å²) in [6.45, 7) is 7.71. The van der Waals surface area contributed by atoms with Gasteiger partial charge in [0.25, 0.3) is 0 Å². The number of hydrogen-bond acceptors (Lipinski definition) is 4. The number of hydrogen-bond donors (Lipinski definition) is 1. The monoisotopic (exact) mass is 447 g/mol. The number of nitrogens with one attached hydrogen (secondary N) is 1. The lowest BCUT2D eigenvalue weighted by Gasteiger charge is -2.37. The van der Waals surface area contributed by atoms with Crippen molar-refractivity contribution < 1.29 is 18.7 Å². The molecule has 8 heteroatoms. The highest BCUT2D eigenvalue weighted by molar-refractivity contribution is 7.10. The second-order valence-corrected chi connectivity index (χ2v) is 9.03. The minimum atomic E-state index is -0.364. The molecule has 1 aromatic heterocycles. The van der Waals surface area contributed by atoms with Crippen LogP contribution in [-0.2, 0) is 11.2 Å². The Morgan fingerprint density at radius 2 is 2.16 bits per heavy atom. The van der Waals surface area contributed by atoms with Crippen LogP contribution in [0, 0.1) is 11.7 Å². The number of nitrogens with zero attached hydrogens (tertiary/aromatic N) is 2. The molecule has 3 rings (SSSR count). The molecule has 6 nitrogen and oxygen atoms in total. The van der Waals surface area contributed by atoms with Gasteiger partial charge in [-0.25, -0.2) is 9.18 Å². The van der Waals surface area contributed by atoms with Crippen molar-refractivity contribution in [3.8, 4) is 5.75 Å². The first-order chi connectivity index (χ1) is 14.9. The number of thiophene rings is 1. The van der Waals surface area contributed by atoms with Crippen molar-refractivity contribution in [2.24, 2.45) is 5.92 Å². The minimum absolute atomic E-state index is 0.0138. The predicted molar refractivity (Wildman–Crippen MR) is 120 cm³/mol. The van der Waals surface area contributed by atoms with Crippen molar-refractivity contribution >= 4 is 23.3 Å². The number of fused-ring (bicyclic) bond motifs is 1. The van der Waals surface area contributed by atoms with E-state index in [1.54, 1.807) is 33.3 Å². The highest BCUT2D eigenvalue weighted by Gasteiger charge is 2.33. The summed E-state index contributed by atoms with van der Waals surface area (Å²) < 4.78 is 19.4. The smallest absolute Gasteiger partial charge is 0.317 e. The standard InChI is InChI=1S/C23H30FN3O3S/c1-4-25-23(29)26(13-16(2)3)14-22(28)27-10-8-21-19(9-11-31-21)20(27)15-30-18-7-5-6-17(24)12-18/h5-7,9,11-12,16,20H,4,8,10,13-15H2,1-3H3,(H,25,29). The van der Waals surface area contributed by atoms with Gasteiger partial charge in [-0.15, -0.1) is 11.3 Å². The van der Waals surface area contributed by atoms with Gasteiger partial charge in [0.05, 0.1) is 6.04 Å². The number of carbonyl (C=O) groups is 2. The molecule has 3 amide bonds. The van der Waals surface area contributed by atoms with Gasteiger partial charge in [0, 0.05) is 30.6 Å². The summed E-state index contributed by atoms with van der Waals surface area (Å²) in [6, 6.07) is 7.52. The first-order valence-corrected chi connectivity index (χ1v) is 11.5. The molecule has 1 aromatic carbocycles. The van der Waals surface area contributed by atoms with Crippen LogP contribution in [0.4, 0.5) is 9.18 Å². The number of carbonyl (C=O) groups excluding carboxylic acids is 2. The molecule has 1 atom stereocenters. The molecule has 0 saturated carbocycles. The summed E-state index contributed by atoms with van der Waals surface area (Å²) >= 11 is 1.67. The van der Waals surface area contributed by atoms with Crippen molar-refractivity contribution in [2.75, 3.05) is 32.8 Å². The SMILES string of the molecule is CCNC(=O)N(CC(=O)N1CCc2sccc2C1COc1cccc(F)c1)CC(C)C.